The van der Waals surface area contributed by atoms with Gasteiger partial charge in [-0.1, -0.05) is 31.2 Å². The van der Waals surface area contributed by atoms with Crippen LogP contribution in [-0.2, 0) is 16.4 Å². The van der Waals surface area contributed by atoms with Gasteiger partial charge in [-0.3, -0.25) is 4.79 Å². The molecule has 0 saturated carbocycles. The van der Waals surface area contributed by atoms with Gasteiger partial charge >= 0.3 is 0 Å². The van der Waals surface area contributed by atoms with Gasteiger partial charge in [-0.25, -0.2) is 13.4 Å². The van der Waals surface area contributed by atoms with Crippen molar-refractivity contribution in [1.82, 2.24) is 14.5 Å². The number of sulfone groups is 1. The first-order valence-electron chi connectivity index (χ1n) is 11.3. The molecule has 0 saturated heterocycles. The third-order valence-corrected chi connectivity index (χ3v) is 7.94. The molecule has 5 aromatic rings. The highest BCUT2D eigenvalue weighted by Crippen LogP contribution is 2.34. The summed E-state index contributed by atoms with van der Waals surface area (Å²) in [6.45, 7) is 3.92. The molecule has 35 heavy (non-hydrogen) atoms. The summed E-state index contributed by atoms with van der Waals surface area (Å²) in [5.41, 5.74) is 4.26. The number of ether oxygens (including phenoxy) is 1. The first-order chi connectivity index (χ1) is 16.8. The van der Waals surface area contributed by atoms with Crippen molar-refractivity contribution >= 4 is 31.8 Å². The molecule has 0 radical (unpaired) electrons. The Bertz CT molecular complexity index is 1730. The van der Waals surface area contributed by atoms with Gasteiger partial charge in [-0.2, -0.15) is 0 Å². The standard InChI is InChI=1S/C27H25N3O4S/c1-4-35(32,33)21-7-5-6-19(13-21)23-16-30(15-18-8-10-20(34-3)11-9-18)27(31)25-24(23)22-12-17(2)14-28-26(22)29-25/h5-14,16H,4,15H2,1-3H3,(H,28,29). The van der Waals surface area contributed by atoms with Crippen LogP contribution < -0.4 is 10.3 Å². The highest BCUT2D eigenvalue weighted by molar-refractivity contribution is 7.91. The van der Waals surface area contributed by atoms with Gasteiger partial charge in [-0.15, -0.1) is 0 Å². The molecule has 0 unspecified atom stereocenters. The largest absolute Gasteiger partial charge is 0.497 e. The number of aryl methyl sites for hydroxylation is 1. The second kappa shape index (κ2) is 8.70. The van der Waals surface area contributed by atoms with E-state index in [0.29, 0.717) is 17.7 Å². The average Bonchev–Trinajstić information content (AvgIpc) is 3.25. The Morgan fingerprint density at radius 2 is 1.86 bits per heavy atom. The maximum absolute atomic E-state index is 13.5. The van der Waals surface area contributed by atoms with Crippen LogP contribution in [0.5, 0.6) is 5.75 Å². The Hall–Kier alpha value is -3.91. The summed E-state index contributed by atoms with van der Waals surface area (Å²) >= 11 is 0. The number of nitrogens with zero attached hydrogens (tertiary/aromatic N) is 2. The second-order valence-electron chi connectivity index (χ2n) is 8.54. The number of nitrogens with one attached hydrogen (secondary N) is 1. The Kier molecular flexibility index (Phi) is 5.68. The quantitative estimate of drug-likeness (QED) is 0.375. The van der Waals surface area contributed by atoms with E-state index in [4.69, 9.17) is 4.74 Å². The molecule has 0 spiro atoms. The highest BCUT2D eigenvalue weighted by Gasteiger charge is 2.19. The predicted molar refractivity (Wildman–Crippen MR) is 138 cm³/mol. The molecule has 0 aliphatic rings. The zero-order valence-corrected chi connectivity index (χ0v) is 20.5. The second-order valence-corrected chi connectivity index (χ2v) is 10.8. The van der Waals surface area contributed by atoms with Gasteiger partial charge in [0.25, 0.3) is 5.56 Å². The molecule has 2 aromatic carbocycles. The minimum absolute atomic E-state index is 0.0129. The number of H-pyrrole nitrogens is 1. The van der Waals surface area contributed by atoms with Gasteiger partial charge in [0.05, 0.1) is 24.3 Å². The van der Waals surface area contributed by atoms with E-state index in [-0.39, 0.29) is 16.2 Å². The molecule has 7 nitrogen and oxygen atoms in total. The number of aromatic amines is 1. The zero-order chi connectivity index (χ0) is 24.7. The Morgan fingerprint density at radius 1 is 1.09 bits per heavy atom. The van der Waals surface area contributed by atoms with Crippen LogP contribution in [0.3, 0.4) is 0 Å². The van der Waals surface area contributed by atoms with E-state index in [1.807, 2.05) is 49.5 Å². The van der Waals surface area contributed by atoms with Crippen molar-refractivity contribution < 1.29 is 13.2 Å². The monoisotopic (exact) mass is 487 g/mol. The van der Waals surface area contributed by atoms with Crippen molar-refractivity contribution in [3.8, 4) is 16.9 Å². The Balaban J connectivity index is 1.78. The summed E-state index contributed by atoms with van der Waals surface area (Å²) in [5, 5.41) is 1.56. The lowest BCUT2D eigenvalue weighted by Gasteiger charge is -2.13. The van der Waals surface area contributed by atoms with Crippen molar-refractivity contribution in [1.29, 1.82) is 0 Å². The van der Waals surface area contributed by atoms with E-state index in [1.54, 1.807) is 43.0 Å². The summed E-state index contributed by atoms with van der Waals surface area (Å²) < 4.78 is 32.1. The molecule has 3 aromatic heterocycles. The molecule has 8 heteroatoms. The minimum Gasteiger partial charge on any atom is -0.497 e. The molecular weight excluding hydrogens is 462 g/mol. The summed E-state index contributed by atoms with van der Waals surface area (Å²) in [4.78, 5) is 21.5. The summed E-state index contributed by atoms with van der Waals surface area (Å²) in [7, 11) is -1.78. The van der Waals surface area contributed by atoms with E-state index in [2.05, 4.69) is 9.97 Å². The first-order valence-corrected chi connectivity index (χ1v) is 12.9. The van der Waals surface area contributed by atoms with Gasteiger partial charge in [0.15, 0.2) is 9.84 Å². The van der Waals surface area contributed by atoms with Gasteiger partial charge in [0.2, 0.25) is 0 Å². The molecular formula is C27H25N3O4S. The average molecular weight is 488 g/mol. The molecule has 0 atom stereocenters. The normalized spacial score (nSPS) is 11.9. The van der Waals surface area contributed by atoms with Crippen molar-refractivity contribution in [3.63, 3.8) is 0 Å². The number of hydrogen-bond donors (Lipinski definition) is 1. The highest BCUT2D eigenvalue weighted by atomic mass is 32.2. The predicted octanol–water partition coefficient (Wildman–Crippen LogP) is 4.70. The van der Waals surface area contributed by atoms with Crippen molar-refractivity contribution in [2.24, 2.45) is 0 Å². The molecule has 0 fully saturated rings. The topological polar surface area (TPSA) is 94.0 Å². The van der Waals surface area contributed by atoms with Crippen molar-refractivity contribution in [3.05, 3.63) is 88.5 Å². The van der Waals surface area contributed by atoms with E-state index in [9.17, 15) is 13.2 Å². The van der Waals surface area contributed by atoms with Gasteiger partial charge in [0.1, 0.15) is 16.9 Å². The molecule has 178 valence electrons. The molecule has 1 N–H and O–H groups in total. The van der Waals surface area contributed by atoms with E-state index >= 15 is 0 Å². The smallest absolute Gasteiger partial charge is 0.275 e. The molecule has 0 bridgehead atoms. The van der Waals surface area contributed by atoms with Crippen LogP contribution >= 0.6 is 0 Å². The fraction of sp³-hybridized carbons (Fsp3) is 0.185. The van der Waals surface area contributed by atoms with Crippen molar-refractivity contribution in [2.45, 2.75) is 25.3 Å². The number of pyridine rings is 2. The lowest BCUT2D eigenvalue weighted by atomic mass is 10.0. The van der Waals surface area contributed by atoms with Gasteiger partial charge in [0, 0.05) is 28.7 Å². The molecule has 3 heterocycles. The van der Waals surface area contributed by atoms with Crippen molar-refractivity contribution in [2.75, 3.05) is 12.9 Å². The molecule has 0 aliphatic heterocycles. The lowest BCUT2D eigenvalue weighted by molar-refractivity contribution is 0.414. The minimum atomic E-state index is -3.39. The van der Waals surface area contributed by atoms with Crippen LogP contribution in [0.1, 0.15) is 18.1 Å². The summed E-state index contributed by atoms with van der Waals surface area (Å²) in [5.74, 6) is 0.752. The van der Waals surface area contributed by atoms with E-state index in [0.717, 1.165) is 38.8 Å². The number of methoxy groups -OCH3 is 1. The number of benzene rings is 2. The maximum atomic E-state index is 13.5. The first kappa shape index (κ1) is 22.9. The number of aromatic nitrogens is 3. The Morgan fingerprint density at radius 3 is 2.57 bits per heavy atom. The van der Waals surface area contributed by atoms with Crippen LogP contribution in [0.25, 0.3) is 33.1 Å². The Labute approximate surface area is 202 Å². The third kappa shape index (κ3) is 4.10. The number of hydrogen-bond acceptors (Lipinski definition) is 5. The zero-order valence-electron chi connectivity index (χ0n) is 19.7. The van der Waals surface area contributed by atoms with Crippen LogP contribution in [0.15, 0.2) is 76.7 Å². The van der Waals surface area contributed by atoms with E-state index in [1.165, 1.54) is 0 Å². The molecule has 0 aliphatic carbocycles. The van der Waals surface area contributed by atoms with E-state index < -0.39 is 9.84 Å². The van der Waals surface area contributed by atoms with Crippen LogP contribution in [-0.4, -0.2) is 35.8 Å². The molecule has 5 rings (SSSR count). The van der Waals surface area contributed by atoms with Crippen LogP contribution in [0, 0.1) is 6.92 Å². The lowest BCUT2D eigenvalue weighted by Crippen LogP contribution is -2.21. The fourth-order valence-corrected chi connectivity index (χ4v) is 5.25. The molecule has 0 amide bonds. The summed E-state index contributed by atoms with van der Waals surface area (Å²) in [6, 6.07) is 16.4. The van der Waals surface area contributed by atoms with Gasteiger partial charge < -0.3 is 14.3 Å². The third-order valence-electron chi connectivity index (χ3n) is 6.21. The SMILES string of the molecule is CCS(=O)(=O)c1cccc(-c2cn(Cc3ccc(OC)cc3)c(=O)c3[nH]c4ncc(C)cc4c23)c1. The number of rotatable bonds is 6. The van der Waals surface area contributed by atoms with Crippen LogP contribution in [0.4, 0.5) is 0 Å². The fourth-order valence-electron chi connectivity index (χ4n) is 4.33. The van der Waals surface area contributed by atoms with Crippen LogP contribution in [0.2, 0.25) is 0 Å². The maximum Gasteiger partial charge on any atom is 0.275 e. The van der Waals surface area contributed by atoms with Gasteiger partial charge in [-0.05, 0) is 53.9 Å². The number of fused-ring (bicyclic) bond motifs is 3. The summed E-state index contributed by atoms with van der Waals surface area (Å²) in [6.07, 6.45) is 3.56.